The van der Waals surface area contributed by atoms with Crippen LogP contribution in [0, 0.1) is 11.3 Å². The van der Waals surface area contributed by atoms with E-state index >= 15 is 0 Å². The molecule has 1 aromatic heterocycles. The fourth-order valence-corrected chi connectivity index (χ4v) is 3.87. The van der Waals surface area contributed by atoms with Crippen LogP contribution in [0.1, 0.15) is 28.4 Å². The molecule has 0 aliphatic carbocycles. The van der Waals surface area contributed by atoms with Crippen LogP contribution < -0.4 is 16.4 Å². The number of carbonyl (C=O) groups is 1. The first kappa shape index (κ1) is 20.4. The minimum atomic E-state index is -0.703. The van der Waals surface area contributed by atoms with E-state index < -0.39 is 11.1 Å². The maximum absolute atomic E-state index is 12.4. The van der Waals surface area contributed by atoms with Gasteiger partial charge >= 0.3 is 11.1 Å². The fraction of sp³-hybridized carbons (Fsp3) is 0.238. The predicted molar refractivity (Wildman–Crippen MR) is 114 cm³/mol. The van der Waals surface area contributed by atoms with E-state index in [1.165, 1.54) is 4.57 Å². The fourth-order valence-electron chi connectivity index (χ4n) is 3.01. The quantitative estimate of drug-likeness (QED) is 0.460. The highest BCUT2D eigenvalue weighted by Gasteiger charge is 2.10. The third-order valence-electron chi connectivity index (χ3n) is 4.48. The number of aromatic amines is 1. The molecule has 3 aromatic rings. The van der Waals surface area contributed by atoms with Crippen molar-refractivity contribution in [3.8, 4) is 6.07 Å². The van der Waals surface area contributed by atoms with Gasteiger partial charge in [0, 0.05) is 30.2 Å². The Labute approximate surface area is 171 Å². The summed E-state index contributed by atoms with van der Waals surface area (Å²) in [6.07, 6.45) is 0. The summed E-state index contributed by atoms with van der Waals surface area (Å²) >= 11 is 1.63. The molecule has 0 radical (unpaired) electrons. The maximum atomic E-state index is 12.4. The molecule has 148 valence electrons. The summed E-state index contributed by atoms with van der Waals surface area (Å²) in [5, 5.41) is 12.0. The summed E-state index contributed by atoms with van der Waals surface area (Å²) in [5.41, 5.74) is 1.78. The van der Waals surface area contributed by atoms with Crippen LogP contribution in [0.5, 0.6) is 0 Å². The molecule has 0 atom stereocenters. The molecule has 0 unspecified atom stereocenters. The SMILES string of the molecule is CCn1c(=O)c(=O)[nH]c2cc(C(=O)NCCSCc3ccccc3C#N)ccc21. The third kappa shape index (κ3) is 4.58. The van der Waals surface area contributed by atoms with E-state index in [-0.39, 0.29) is 5.91 Å². The summed E-state index contributed by atoms with van der Waals surface area (Å²) < 4.78 is 1.38. The second-order valence-corrected chi connectivity index (χ2v) is 7.42. The van der Waals surface area contributed by atoms with Crippen molar-refractivity contribution in [2.75, 3.05) is 12.3 Å². The number of amides is 1. The van der Waals surface area contributed by atoms with Crippen LogP contribution in [0.3, 0.4) is 0 Å². The van der Waals surface area contributed by atoms with Gasteiger partial charge in [-0.05, 0) is 36.8 Å². The number of hydrogen-bond donors (Lipinski definition) is 2. The van der Waals surface area contributed by atoms with E-state index in [9.17, 15) is 14.4 Å². The van der Waals surface area contributed by atoms with Crippen LogP contribution in [0.15, 0.2) is 52.1 Å². The van der Waals surface area contributed by atoms with Gasteiger partial charge in [0.1, 0.15) is 0 Å². The first-order valence-electron chi connectivity index (χ1n) is 9.16. The van der Waals surface area contributed by atoms with Crippen LogP contribution >= 0.6 is 11.8 Å². The molecular formula is C21H20N4O3S. The number of carbonyl (C=O) groups excluding carboxylic acids is 1. The van der Waals surface area contributed by atoms with Gasteiger partial charge in [0.05, 0.1) is 22.7 Å². The Morgan fingerprint density at radius 3 is 2.79 bits per heavy atom. The Morgan fingerprint density at radius 1 is 1.24 bits per heavy atom. The summed E-state index contributed by atoms with van der Waals surface area (Å²) in [6, 6.07) is 14.5. The molecule has 8 heteroatoms. The second kappa shape index (κ2) is 9.26. The van der Waals surface area contributed by atoms with E-state index in [1.807, 2.05) is 18.2 Å². The van der Waals surface area contributed by atoms with Crippen molar-refractivity contribution in [3.63, 3.8) is 0 Å². The van der Waals surface area contributed by atoms with Crippen molar-refractivity contribution in [2.45, 2.75) is 19.2 Å². The molecule has 7 nitrogen and oxygen atoms in total. The van der Waals surface area contributed by atoms with Crippen molar-refractivity contribution in [1.82, 2.24) is 14.9 Å². The molecule has 0 saturated carbocycles. The second-order valence-electron chi connectivity index (χ2n) is 6.31. The predicted octanol–water partition coefficient (Wildman–Crippen LogP) is 2.24. The van der Waals surface area contributed by atoms with Gasteiger partial charge in [0.2, 0.25) is 0 Å². The number of nitriles is 1. The zero-order valence-electron chi connectivity index (χ0n) is 15.9. The van der Waals surface area contributed by atoms with E-state index in [4.69, 9.17) is 5.26 Å². The third-order valence-corrected chi connectivity index (χ3v) is 5.49. The highest BCUT2D eigenvalue weighted by Crippen LogP contribution is 2.16. The van der Waals surface area contributed by atoms with Crippen LogP contribution in [-0.4, -0.2) is 27.8 Å². The van der Waals surface area contributed by atoms with Crippen molar-refractivity contribution in [1.29, 1.82) is 5.26 Å². The lowest BCUT2D eigenvalue weighted by molar-refractivity contribution is 0.0956. The van der Waals surface area contributed by atoms with Crippen LogP contribution in [0.25, 0.3) is 11.0 Å². The minimum absolute atomic E-state index is 0.250. The lowest BCUT2D eigenvalue weighted by Crippen LogP contribution is -2.36. The Hall–Kier alpha value is -3.31. The van der Waals surface area contributed by atoms with Gasteiger partial charge in [-0.1, -0.05) is 18.2 Å². The first-order valence-corrected chi connectivity index (χ1v) is 10.3. The van der Waals surface area contributed by atoms with Gasteiger partial charge in [-0.2, -0.15) is 17.0 Å². The van der Waals surface area contributed by atoms with E-state index in [1.54, 1.807) is 43.0 Å². The molecule has 0 saturated heterocycles. The standard InChI is InChI=1S/C21H20N4O3S/c1-2-25-18-8-7-14(11-17(18)24-20(27)21(25)28)19(26)23-9-10-29-13-16-6-4-3-5-15(16)12-22/h3-8,11H,2,9-10,13H2,1H3,(H,23,26)(H,24,27). The average Bonchev–Trinajstić information content (AvgIpc) is 2.74. The highest BCUT2D eigenvalue weighted by molar-refractivity contribution is 7.98. The molecule has 0 aliphatic rings. The number of benzene rings is 2. The van der Waals surface area contributed by atoms with Gasteiger partial charge in [0.25, 0.3) is 5.91 Å². The summed E-state index contributed by atoms with van der Waals surface area (Å²) in [4.78, 5) is 38.6. The minimum Gasteiger partial charge on any atom is -0.351 e. The Kier molecular flexibility index (Phi) is 6.52. The van der Waals surface area contributed by atoms with Gasteiger partial charge in [0.15, 0.2) is 0 Å². The molecule has 0 fully saturated rings. The number of nitrogens with zero attached hydrogens (tertiary/aromatic N) is 2. The molecule has 0 aliphatic heterocycles. The maximum Gasteiger partial charge on any atom is 0.316 e. The molecule has 1 heterocycles. The van der Waals surface area contributed by atoms with Gasteiger partial charge in [-0.25, -0.2) is 0 Å². The van der Waals surface area contributed by atoms with E-state index in [2.05, 4.69) is 16.4 Å². The number of aromatic nitrogens is 2. The molecule has 0 bridgehead atoms. The lowest BCUT2D eigenvalue weighted by Gasteiger charge is -2.09. The number of rotatable bonds is 7. The highest BCUT2D eigenvalue weighted by atomic mass is 32.2. The Balaban J connectivity index is 1.60. The summed E-state index contributed by atoms with van der Waals surface area (Å²) in [5.74, 6) is 1.15. The van der Waals surface area contributed by atoms with E-state index in [0.29, 0.717) is 46.8 Å². The number of aryl methyl sites for hydroxylation is 1. The molecule has 0 spiro atoms. The molecule has 2 aromatic carbocycles. The Bertz CT molecular complexity index is 1210. The van der Waals surface area contributed by atoms with Crippen molar-refractivity contribution in [3.05, 3.63) is 79.9 Å². The summed E-state index contributed by atoms with van der Waals surface area (Å²) in [6.45, 7) is 2.63. The first-order chi connectivity index (χ1) is 14.0. The number of thioether (sulfide) groups is 1. The van der Waals surface area contributed by atoms with Gasteiger partial charge in [-0.3, -0.25) is 14.4 Å². The topological polar surface area (TPSA) is 108 Å². The monoisotopic (exact) mass is 408 g/mol. The van der Waals surface area contributed by atoms with Crippen LogP contribution in [0.4, 0.5) is 0 Å². The van der Waals surface area contributed by atoms with Gasteiger partial charge < -0.3 is 14.9 Å². The van der Waals surface area contributed by atoms with E-state index in [0.717, 1.165) is 5.56 Å². The largest absolute Gasteiger partial charge is 0.351 e. The van der Waals surface area contributed by atoms with Crippen molar-refractivity contribution in [2.24, 2.45) is 0 Å². The van der Waals surface area contributed by atoms with Crippen molar-refractivity contribution >= 4 is 28.7 Å². The normalized spacial score (nSPS) is 10.6. The molecule has 2 N–H and O–H groups in total. The molecule has 29 heavy (non-hydrogen) atoms. The number of nitrogens with one attached hydrogen (secondary N) is 2. The summed E-state index contributed by atoms with van der Waals surface area (Å²) in [7, 11) is 0. The van der Waals surface area contributed by atoms with Crippen LogP contribution in [0.2, 0.25) is 0 Å². The van der Waals surface area contributed by atoms with Crippen molar-refractivity contribution < 1.29 is 4.79 Å². The zero-order valence-corrected chi connectivity index (χ0v) is 16.7. The Morgan fingerprint density at radius 2 is 2.03 bits per heavy atom. The zero-order chi connectivity index (χ0) is 20.8. The van der Waals surface area contributed by atoms with Gasteiger partial charge in [-0.15, -0.1) is 0 Å². The molecule has 3 rings (SSSR count). The number of fused-ring (bicyclic) bond motifs is 1. The number of hydrogen-bond acceptors (Lipinski definition) is 5. The molecular weight excluding hydrogens is 388 g/mol. The number of H-pyrrole nitrogens is 1. The smallest absolute Gasteiger partial charge is 0.316 e. The molecule has 1 amide bonds. The lowest BCUT2D eigenvalue weighted by atomic mass is 10.1. The average molecular weight is 408 g/mol. The van der Waals surface area contributed by atoms with Crippen LogP contribution in [-0.2, 0) is 12.3 Å².